The molecule has 0 bridgehead atoms. The van der Waals surface area contributed by atoms with Gasteiger partial charge >= 0.3 is 12.1 Å². The maximum atomic E-state index is 11.9. The van der Waals surface area contributed by atoms with Crippen LogP contribution in [0.4, 0.5) is 13.2 Å². The third kappa shape index (κ3) is 6.40. The molecule has 0 saturated heterocycles. The monoisotopic (exact) mass is 358 g/mol. The number of carbonyl (C=O) groups is 2. The van der Waals surface area contributed by atoms with Gasteiger partial charge in [-0.3, -0.25) is 9.59 Å². The summed E-state index contributed by atoms with van der Waals surface area (Å²) in [5.41, 5.74) is 0. The Morgan fingerprint density at radius 3 is 2.36 bits per heavy atom. The number of alkyl halides is 3. The topological polar surface area (TPSA) is 67.4 Å². The molecule has 2 N–H and O–H groups in total. The molecule has 0 unspecified atom stereocenters. The van der Waals surface area contributed by atoms with E-state index < -0.39 is 18.0 Å². The first-order valence-electron chi connectivity index (χ1n) is 5.89. The highest BCUT2D eigenvalue weighted by atomic mass is 35.5. The van der Waals surface area contributed by atoms with Gasteiger partial charge in [-0.05, 0) is 18.2 Å². The third-order valence-corrected chi connectivity index (χ3v) is 2.77. The lowest BCUT2D eigenvalue weighted by Gasteiger charge is -2.10. The van der Waals surface area contributed by atoms with Crippen LogP contribution >= 0.6 is 23.2 Å². The van der Waals surface area contributed by atoms with Crippen molar-refractivity contribution < 1.29 is 27.5 Å². The van der Waals surface area contributed by atoms with E-state index in [1.807, 2.05) is 0 Å². The van der Waals surface area contributed by atoms with Gasteiger partial charge in [0.25, 0.3) is 5.91 Å². The van der Waals surface area contributed by atoms with Gasteiger partial charge < -0.3 is 15.4 Å². The number of rotatable bonds is 6. The Morgan fingerprint density at radius 2 is 1.77 bits per heavy atom. The molecule has 0 heterocycles. The Kier molecular flexibility index (Phi) is 6.76. The standard InChI is InChI=1S/C12H11Cl2F3N2O3/c13-7-1-2-9(8(14)5-7)22-6-10(20)18-3-4-19-11(21)12(15,16)17/h1-2,5H,3-4,6H2,(H,18,20)(H,19,21). The van der Waals surface area contributed by atoms with E-state index in [1.165, 1.54) is 18.2 Å². The number of carbonyl (C=O) groups excluding carboxylic acids is 2. The van der Waals surface area contributed by atoms with Crippen LogP contribution in [0.5, 0.6) is 5.75 Å². The van der Waals surface area contributed by atoms with Gasteiger partial charge in [0.1, 0.15) is 5.75 Å². The molecule has 0 atom stereocenters. The molecule has 0 aliphatic heterocycles. The van der Waals surface area contributed by atoms with E-state index in [2.05, 4.69) is 5.32 Å². The van der Waals surface area contributed by atoms with Crippen molar-refractivity contribution in [3.05, 3.63) is 28.2 Å². The van der Waals surface area contributed by atoms with Crippen LogP contribution in [0.25, 0.3) is 0 Å². The average Bonchev–Trinajstić information content (AvgIpc) is 2.41. The zero-order valence-electron chi connectivity index (χ0n) is 11.0. The van der Waals surface area contributed by atoms with Crippen molar-refractivity contribution in [2.45, 2.75) is 6.18 Å². The largest absolute Gasteiger partial charge is 0.482 e. The molecule has 2 amide bonds. The van der Waals surface area contributed by atoms with Gasteiger partial charge in [0.15, 0.2) is 6.61 Å². The highest BCUT2D eigenvalue weighted by Gasteiger charge is 2.38. The van der Waals surface area contributed by atoms with E-state index in [-0.39, 0.29) is 30.5 Å². The molecular weight excluding hydrogens is 348 g/mol. The van der Waals surface area contributed by atoms with Crippen LogP contribution in [-0.4, -0.2) is 37.7 Å². The van der Waals surface area contributed by atoms with E-state index >= 15 is 0 Å². The van der Waals surface area contributed by atoms with Crippen LogP contribution in [0.15, 0.2) is 18.2 Å². The Morgan fingerprint density at radius 1 is 1.14 bits per heavy atom. The number of ether oxygens (including phenoxy) is 1. The van der Waals surface area contributed by atoms with Gasteiger partial charge in [-0.1, -0.05) is 23.2 Å². The molecule has 1 rings (SSSR count). The number of hydrogen-bond donors (Lipinski definition) is 2. The summed E-state index contributed by atoms with van der Waals surface area (Å²) in [4.78, 5) is 21.9. The Hall–Kier alpha value is -1.67. The zero-order valence-corrected chi connectivity index (χ0v) is 12.5. The molecule has 10 heteroatoms. The van der Waals surface area contributed by atoms with Crippen molar-refractivity contribution in [3.63, 3.8) is 0 Å². The predicted octanol–water partition coefficient (Wildman–Crippen LogP) is 2.17. The molecule has 0 aliphatic carbocycles. The number of halogens is 5. The van der Waals surface area contributed by atoms with Crippen molar-refractivity contribution >= 4 is 35.0 Å². The molecule has 122 valence electrons. The zero-order chi connectivity index (χ0) is 16.8. The molecule has 0 spiro atoms. The molecule has 0 saturated carbocycles. The summed E-state index contributed by atoms with van der Waals surface area (Å²) < 4.78 is 40.7. The van der Waals surface area contributed by atoms with E-state index in [4.69, 9.17) is 27.9 Å². The minimum Gasteiger partial charge on any atom is -0.482 e. The fraction of sp³-hybridized carbons (Fsp3) is 0.333. The Balaban J connectivity index is 2.25. The van der Waals surface area contributed by atoms with Crippen molar-refractivity contribution in [2.24, 2.45) is 0 Å². The molecular formula is C12H11Cl2F3N2O3. The first-order chi connectivity index (χ1) is 10.2. The third-order valence-electron chi connectivity index (χ3n) is 2.24. The Bertz CT molecular complexity index is 553. The summed E-state index contributed by atoms with van der Waals surface area (Å²) in [6.07, 6.45) is -4.95. The second-order valence-corrected chi connectivity index (χ2v) is 4.81. The second-order valence-electron chi connectivity index (χ2n) is 3.97. The van der Waals surface area contributed by atoms with Crippen LogP contribution in [0.3, 0.4) is 0 Å². The van der Waals surface area contributed by atoms with Crippen LogP contribution in [0, 0.1) is 0 Å². The summed E-state index contributed by atoms with van der Waals surface area (Å²) in [6.45, 7) is -0.904. The minimum atomic E-state index is -4.95. The predicted molar refractivity (Wildman–Crippen MR) is 74.0 cm³/mol. The number of hydrogen-bond acceptors (Lipinski definition) is 3. The van der Waals surface area contributed by atoms with E-state index in [9.17, 15) is 22.8 Å². The molecule has 1 aromatic rings. The van der Waals surface area contributed by atoms with Crippen molar-refractivity contribution in [2.75, 3.05) is 19.7 Å². The first kappa shape index (κ1) is 18.4. The molecule has 0 aromatic heterocycles. The maximum absolute atomic E-state index is 11.9. The van der Waals surface area contributed by atoms with Gasteiger partial charge in [0.2, 0.25) is 0 Å². The van der Waals surface area contributed by atoms with Crippen molar-refractivity contribution in [3.8, 4) is 5.75 Å². The number of benzene rings is 1. The van der Waals surface area contributed by atoms with Gasteiger partial charge in [0.05, 0.1) is 5.02 Å². The van der Waals surface area contributed by atoms with Gasteiger partial charge in [-0.15, -0.1) is 0 Å². The smallest absolute Gasteiger partial charge is 0.471 e. The number of amides is 2. The quantitative estimate of drug-likeness (QED) is 0.765. The summed E-state index contributed by atoms with van der Waals surface area (Å²) in [7, 11) is 0. The summed E-state index contributed by atoms with van der Waals surface area (Å²) in [5.74, 6) is -2.40. The highest BCUT2D eigenvalue weighted by Crippen LogP contribution is 2.27. The molecule has 0 radical (unpaired) electrons. The first-order valence-corrected chi connectivity index (χ1v) is 6.65. The molecule has 0 fully saturated rings. The van der Waals surface area contributed by atoms with Crippen LogP contribution in [-0.2, 0) is 9.59 Å². The van der Waals surface area contributed by atoms with Gasteiger partial charge in [0, 0.05) is 18.1 Å². The van der Waals surface area contributed by atoms with Gasteiger partial charge in [-0.2, -0.15) is 13.2 Å². The lowest BCUT2D eigenvalue weighted by Crippen LogP contribution is -2.41. The van der Waals surface area contributed by atoms with Crippen LogP contribution in [0.2, 0.25) is 10.0 Å². The summed E-state index contributed by atoms with van der Waals surface area (Å²) in [5, 5.41) is 4.51. The average molecular weight is 359 g/mol. The Labute approximate surface area is 133 Å². The molecule has 22 heavy (non-hydrogen) atoms. The van der Waals surface area contributed by atoms with E-state index in [0.29, 0.717) is 5.02 Å². The minimum absolute atomic E-state index is 0.168. The van der Waals surface area contributed by atoms with Crippen LogP contribution < -0.4 is 15.4 Å². The van der Waals surface area contributed by atoms with E-state index in [0.717, 1.165) is 0 Å². The van der Waals surface area contributed by atoms with Crippen molar-refractivity contribution in [1.82, 2.24) is 10.6 Å². The summed E-state index contributed by atoms with van der Waals surface area (Å²) >= 11 is 11.5. The normalized spacial score (nSPS) is 11.0. The maximum Gasteiger partial charge on any atom is 0.471 e. The van der Waals surface area contributed by atoms with Crippen molar-refractivity contribution in [1.29, 1.82) is 0 Å². The van der Waals surface area contributed by atoms with Crippen LogP contribution in [0.1, 0.15) is 0 Å². The fourth-order valence-electron chi connectivity index (χ4n) is 1.26. The summed E-state index contributed by atoms with van der Waals surface area (Å²) in [6, 6.07) is 4.43. The SMILES string of the molecule is O=C(COc1ccc(Cl)cc1Cl)NCCNC(=O)C(F)(F)F. The lowest BCUT2D eigenvalue weighted by atomic mass is 10.3. The lowest BCUT2D eigenvalue weighted by molar-refractivity contribution is -0.173. The molecule has 5 nitrogen and oxygen atoms in total. The second kappa shape index (κ2) is 8.09. The fourth-order valence-corrected chi connectivity index (χ4v) is 1.73. The number of nitrogens with one attached hydrogen (secondary N) is 2. The molecule has 1 aromatic carbocycles. The van der Waals surface area contributed by atoms with Gasteiger partial charge in [-0.25, -0.2) is 0 Å². The van der Waals surface area contributed by atoms with E-state index in [1.54, 1.807) is 5.32 Å². The molecule has 0 aliphatic rings. The highest BCUT2D eigenvalue weighted by molar-refractivity contribution is 6.35.